The molecule has 4 rings (SSSR count). The molecule has 2 aromatic carbocycles. The van der Waals surface area contributed by atoms with Crippen LogP contribution in [-0.4, -0.2) is 49.8 Å². The third-order valence-electron chi connectivity index (χ3n) is 5.28. The average Bonchev–Trinajstić information content (AvgIpc) is 3.28. The van der Waals surface area contributed by atoms with Crippen LogP contribution in [0.25, 0.3) is 11.4 Å². The van der Waals surface area contributed by atoms with E-state index >= 15 is 0 Å². The standard InChI is InChI=1S/C24H26N8O2/c1-14-11-17(9-10-18(14)23(34)25-3)28-24-26-12-19(22-27-15(2)31-32-22)21(30-24)29-20(13-33)16-7-5-4-6-8-16/h4-12,20,33H,13H2,1-3H3,(H,25,34)(H,27,31,32)(H2,26,28,29,30)/t20-/m1/s1. The van der Waals surface area contributed by atoms with Crippen molar-refractivity contribution in [1.29, 1.82) is 0 Å². The SMILES string of the molecule is CNC(=O)c1ccc(Nc2ncc(-c3n[nH]c(C)n3)c(N[C@H](CO)c3ccccc3)n2)cc1C. The minimum absolute atomic E-state index is 0.136. The number of nitrogens with zero attached hydrogens (tertiary/aromatic N) is 4. The molecule has 1 amide bonds. The molecule has 2 aromatic heterocycles. The van der Waals surface area contributed by atoms with E-state index in [0.717, 1.165) is 16.8 Å². The Bertz CT molecular complexity index is 1290. The number of nitrogens with one attached hydrogen (secondary N) is 4. The zero-order valence-electron chi connectivity index (χ0n) is 19.1. The number of H-pyrrole nitrogens is 1. The maximum atomic E-state index is 12.0. The minimum Gasteiger partial charge on any atom is -0.394 e. The highest BCUT2D eigenvalue weighted by Gasteiger charge is 2.18. The first-order valence-corrected chi connectivity index (χ1v) is 10.8. The molecule has 5 N–H and O–H groups in total. The summed E-state index contributed by atoms with van der Waals surface area (Å²) in [5, 5.41) is 26.2. The molecule has 1 atom stereocenters. The summed E-state index contributed by atoms with van der Waals surface area (Å²) in [5.74, 6) is 1.78. The van der Waals surface area contributed by atoms with Crippen molar-refractivity contribution in [2.75, 3.05) is 24.3 Å². The molecular formula is C24H26N8O2. The third-order valence-corrected chi connectivity index (χ3v) is 5.28. The fourth-order valence-electron chi connectivity index (χ4n) is 3.52. The van der Waals surface area contributed by atoms with Gasteiger partial charge in [-0.2, -0.15) is 10.1 Å². The van der Waals surface area contributed by atoms with E-state index in [-0.39, 0.29) is 12.5 Å². The van der Waals surface area contributed by atoms with E-state index in [0.29, 0.717) is 34.5 Å². The van der Waals surface area contributed by atoms with Gasteiger partial charge in [0.05, 0.1) is 18.2 Å². The molecule has 34 heavy (non-hydrogen) atoms. The lowest BCUT2D eigenvalue weighted by Gasteiger charge is -2.19. The molecule has 0 saturated carbocycles. The first kappa shape index (κ1) is 22.9. The zero-order chi connectivity index (χ0) is 24.1. The number of aromatic nitrogens is 5. The van der Waals surface area contributed by atoms with E-state index in [1.165, 1.54) is 0 Å². The van der Waals surface area contributed by atoms with Crippen LogP contribution in [-0.2, 0) is 0 Å². The fourth-order valence-corrected chi connectivity index (χ4v) is 3.52. The Morgan fingerprint density at radius 2 is 1.91 bits per heavy atom. The van der Waals surface area contributed by atoms with Crippen LogP contribution in [0.5, 0.6) is 0 Å². The molecule has 10 heteroatoms. The number of aromatic amines is 1. The van der Waals surface area contributed by atoms with Crippen LogP contribution in [0.15, 0.2) is 54.7 Å². The lowest BCUT2D eigenvalue weighted by Crippen LogP contribution is -2.19. The van der Waals surface area contributed by atoms with Crippen molar-refractivity contribution in [2.24, 2.45) is 0 Å². The minimum atomic E-state index is -0.392. The zero-order valence-corrected chi connectivity index (χ0v) is 19.1. The predicted molar refractivity (Wildman–Crippen MR) is 130 cm³/mol. The van der Waals surface area contributed by atoms with Gasteiger partial charge < -0.3 is 21.1 Å². The number of aliphatic hydroxyl groups is 1. The van der Waals surface area contributed by atoms with E-state index in [4.69, 9.17) is 0 Å². The van der Waals surface area contributed by atoms with Crippen molar-refractivity contribution in [3.8, 4) is 11.4 Å². The van der Waals surface area contributed by atoms with E-state index < -0.39 is 6.04 Å². The first-order valence-electron chi connectivity index (χ1n) is 10.8. The van der Waals surface area contributed by atoms with Crippen LogP contribution < -0.4 is 16.0 Å². The number of aliphatic hydroxyl groups excluding tert-OH is 1. The first-order chi connectivity index (χ1) is 16.5. The lowest BCUT2D eigenvalue weighted by molar-refractivity contribution is 0.0962. The summed E-state index contributed by atoms with van der Waals surface area (Å²) in [5.41, 5.74) is 3.66. The summed E-state index contributed by atoms with van der Waals surface area (Å²) < 4.78 is 0. The van der Waals surface area contributed by atoms with Crippen molar-refractivity contribution in [3.05, 3.63) is 77.2 Å². The van der Waals surface area contributed by atoms with Crippen LogP contribution in [0, 0.1) is 13.8 Å². The molecule has 0 aliphatic heterocycles. The number of benzene rings is 2. The Morgan fingerprint density at radius 1 is 1.12 bits per heavy atom. The summed E-state index contributed by atoms with van der Waals surface area (Å²) in [4.78, 5) is 25.5. The molecule has 0 unspecified atom stereocenters. The van der Waals surface area contributed by atoms with Crippen molar-refractivity contribution in [1.82, 2.24) is 30.5 Å². The molecule has 10 nitrogen and oxygen atoms in total. The molecule has 0 radical (unpaired) electrons. The number of amides is 1. The van der Waals surface area contributed by atoms with Gasteiger partial charge >= 0.3 is 0 Å². The molecule has 0 bridgehead atoms. The Labute approximate surface area is 196 Å². The molecular weight excluding hydrogens is 432 g/mol. The second-order valence-corrected chi connectivity index (χ2v) is 7.72. The van der Waals surface area contributed by atoms with Gasteiger partial charge in [0, 0.05) is 24.5 Å². The smallest absolute Gasteiger partial charge is 0.251 e. The van der Waals surface area contributed by atoms with Gasteiger partial charge in [0.2, 0.25) is 5.95 Å². The largest absolute Gasteiger partial charge is 0.394 e. The fraction of sp³-hybridized carbons (Fsp3) is 0.208. The highest BCUT2D eigenvalue weighted by atomic mass is 16.3. The summed E-state index contributed by atoms with van der Waals surface area (Å²) >= 11 is 0. The topological polar surface area (TPSA) is 141 Å². The van der Waals surface area contributed by atoms with Crippen molar-refractivity contribution < 1.29 is 9.90 Å². The maximum absolute atomic E-state index is 12.0. The van der Waals surface area contributed by atoms with E-state index in [9.17, 15) is 9.90 Å². The molecule has 174 valence electrons. The molecule has 0 fully saturated rings. The average molecular weight is 459 g/mol. The van der Waals surface area contributed by atoms with Crippen LogP contribution >= 0.6 is 0 Å². The van der Waals surface area contributed by atoms with Gasteiger partial charge in [0.1, 0.15) is 11.6 Å². The Morgan fingerprint density at radius 3 is 2.56 bits per heavy atom. The number of hydrogen-bond acceptors (Lipinski definition) is 8. The summed E-state index contributed by atoms with van der Waals surface area (Å²) in [7, 11) is 1.60. The van der Waals surface area contributed by atoms with Crippen molar-refractivity contribution in [2.45, 2.75) is 19.9 Å². The number of carbonyl (C=O) groups is 1. The normalized spacial score (nSPS) is 11.6. The third kappa shape index (κ3) is 5.02. The van der Waals surface area contributed by atoms with Crippen LogP contribution in [0.4, 0.5) is 17.5 Å². The van der Waals surface area contributed by atoms with Gasteiger partial charge in [0.15, 0.2) is 5.82 Å². The molecule has 0 aliphatic carbocycles. The van der Waals surface area contributed by atoms with Gasteiger partial charge in [-0.25, -0.2) is 9.97 Å². The Kier molecular flexibility index (Phi) is 6.79. The highest BCUT2D eigenvalue weighted by molar-refractivity contribution is 5.95. The molecule has 2 heterocycles. The summed E-state index contributed by atoms with van der Waals surface area (Å²) in [6.07, 6.45) is 1.63. The van der Waals surface area contributed by atoms with E-state index in [1.807, 2.05) is 50.2 Å². The number of anilines is 3. The van der Waals surface area contributed by atoms with E-state index in [1.54, 1.807) is 25.4 Å². The second kappa shape index (κ2) is 10.1. The van der Waals surface area contributed by atoms with Gasteiger partial charge in [-0.05, 0) is 43.2 Å². The van der Waals surface area contributed by atoms with Gasteiger partial charge in [-0.3, -0.25) is 9.89 Å². The van der Waals surface area contributed by atoms with Gasteiger partial charge in [-0.1, -0.05) is 30.3 Å². The van der Waals surface area contributed by atoms with Crippen molar-refractivity contribution >= 4 is 23.4 Å². The van der Waals surface area contributed by atoms with Crippen LogP contribution in [0.2, 0.25) is 0 Å². The second-order valence-electron chi connectivity index (χ2n) is 7.72. The highest BCUT2D eigenvalue weighted by Crippen LogP contribution is 2.28. The molecule has 4 aromatic rings. The Balaban J connectivity index is 1.67. The Hall–Kier alpha value is -4.31. The van der Waals surface area contributed by atoms with Crippen molar-refractivity contribution in [3.63, 3.8) is 0 Å². The summed E-state index contributed by atoms with van der Waals surface area (Å²) in [6, 6.07) is 14.6. The van der Waals surface area contributed by atoms with Gasteiger partial charge in [-0.15, -0.1) is 0 Å². The maximum Gasteiger partial charge on any atom is 0.251 e. The van der Waals surface area contributed by atoms with Gasteiger partial charge in [0.25, 0.3) is 5.91 Å². The molecule has 0 spiro atoms. The molecule has 0 aliphatic rings. The van der Waals surface area contributed by atoms with Crippen LogP contribution in [0.3, 0.4) is 0 Å². The number of carbonyl (C=O) groups excluding carboxylic acids is 1. The predicted octanol–water partition coefficient (Wildman–Crippen LogP) is 3.13. The van der Waals surface area contributed by atoms with E-state index in [2.05, 4.69) is 41.1 Å². The number of aryl methyl sites for hydroxylation is 2. The van der Waals surface area contributed by atoms with Crippen LogP contribution in [0.1, 0.15) is 33.4 Å². The molecule has 0 saturated heterocycles. The summed E-state index contributed by atoms with van der Waals surface area (Å²) in [6.45, 7) is 3.54. The quantitative estimate of drug-likeness (QED) is 0.271. The number of hydrogen-bond donors (Lipinski definition) is 5. The lowest BCUT2D eigenvalue weighted by atomic mass is 10.1. The monoisotopic (exact) mass is 458 g/mol. The number of rotatable bonds is 8.